The van der Waals surface area contributed by atoms with Gasteiger partial charge in [0.25, 0.3) is 0 Å². The summed E-state index contributed by atoms with van der Waals surface area (Å²) in [7, 11) is 1.54. The predicted octanol–water partition coefficient (Wildman–Crippen LogP) is 1.38. The van der Waals surface area contributed by atoms with Crippen molar-refractivity contribution >= 4 is 11.6 Å². The van der Waals surface area contributed by atoms with Crippen molar-refractivity contribution < 1.29 is 19.0 Å². The molecule has 5 nitrogen and oxygen atoms in total. The van der Waals surface area contributed by atoms with Crippen molar-refractivity contribution in [1.29, 1.82) is 0 Å². The number of rotatable bonds is 2. The molecule has 0 fully saturated rings. The Hall–Kier alpha value is -1.91. The highest BCUT2D eigenvalue weighted by Gasteiger charge is 2.20. The summed E-state index contributed by atoms with van der Waals surface area (Å²) >= 11 is 0. The van der Waals surface area contributed by atoms with Gasteiger partial charge in [-0.25, -0.2) is 0 Å². The van der Waals surface area contributed by atoms with Crippen molar-refractivity contribution in [2.75, 3.05) is 19.2 Å². The van der Waals surface area contributed by atoms with E-state index >= 15 is 0 Å². The lowest BCUT2D eigenvalue weighted by atomic mass is 10.2. The van der Waals surface area contributed by atoms with E-state index < -0.39 is 0 Å². The molecule has 0 saturated heterocycles. The molecule has 1 heterocycles. The number of amides is 1. The maximum absolute atomic E-state index is 10.9. The van der Waals surface area contributed by atoms with E-state index in [1.807, 2.05) is 0 Å². The molecule has 0 radical (unpaired) electrons. The molecule has 1 N–H and O–H groups in total. The summed E-state index contributed by atoms with van der Waals surface area (Å²) in [5.74, 6) is 1.56. The number of ether oxygens (including phenoxy) is 3. The highest BCUT2D eigenvalue weighted by atomic mass is 16.7. The fraction of sp³-hybridized carbons (Fsp3) is 0.300. The van der Waals surface area contributed by atoms with Crippen LogP contribution in [0, 0.1) is 0 Å². The van der Waals surface area contributed by atoms with Crippen molar-refractivity contribution in [3.05, 3.63) is 12.1 Å². The van der Waals surface area contributed by atoms with Crippen LogP contribution in [0.15, 0.2) is 12.1 Å². The second-order valence-corrected chi connectivity index (χ2v) is 3.09. The predicted molar refractivity (Wildman–Crippen MR) is 53.4 cm³/mol. The lowest BCUT2D eigenvalue weighted by molar-refractivity contribution is -0.114. The van der Waals surface area contributed by atoms with Gasteiger partial charge in [0.1, 0.15) is 0 Å². The lowest BCUT2D eigenvalue weighted by Gasteiger charge is -2.08. The summed E-state index contributed by atoms with van der Waals surface area (Å²) in [6, 6.07) is 3.39. The summed E-state index contributed by atoms with van der Waals surface area (Å²) < 4.78 is 15.6. The summed E-state index contributed by atoms with van der Waals surface area (Å²) in [6.45, 7) is 1.62. The van der Waals surface area contributed by atoms with Crippen molar-refractivity contribution in [3.8, 4) is 17.2 Å². The number of hydrogen-bond donors (Lipinski definition) is 1. The van der Waals surface area contributed by atoms with Crippen LogP contribution in [0.3, 0.4) is 0 Å². The van der Waals surface area contributed by atoms with Gasteiger partial charge in [-0.3, -0.25) is 4.79 Å². The summed E-state index contributed by atoms with van der Waals surface area (Å²) in [6.07, 6.45) is 0. The molecule has 15 heavy (non-hydrogen) atoms. The average molecular weight is 209 g/mol. The molecule has 0 saturated carbocycles. The third kappa shape index (κ3) is 1.81. The molecule has 0 aliphatic carbocycles. The van der Waals surface area contributed by atoms with Gasteiger partial charge in [-0.1, -0.05) is 0 Å². The van der Waals surface area contributed by atoms with Crippen LogP contribution in [0.4, 0.5) is 5.69 Å². The van der Waals surface area contributed by atoms with Gasteiger partial charge in [0.15, 0.2) is 11.5 Å². The van der Waals surface area contributed by atoms with Gasteiger partial charge in [0.2, 0.25) is 18.4 Å². The van der Waals surface area contributed by atoms with Gasteiger partial charge in [-0.15, -0.1) is 0 Å². The maximum atomic E-state index is 10.9. The van der Waals surface area contributed by atoms with Gasteiger partial charge in [0.05, 0.1) is 7.11 Å². The van der Waals surface area contributed by atoms with Crippen molar-refractivity contribution in [2.24, 2.45) is 0 Å². The molecule has 0 unspecified atom stereocenters. The highest BCUT2D eigenvalue weighted by molar-refractivity contribution is 5.89. The maximum Gasteiger partial charge on any atom is 0.231 e. The van der Waals surface area contributed by atoms with Crippen LogP contribution in [-0.2, 0) is 4.79 Å². The number of carbonyl (C=O) groups excluding carboxylic acids is 1. The molecule has 1 aliphatic rings. The van der Waals surface area contributed by atoms with Crippen LogP contribution in [-0.4, -0.2) is 19.8 Å². The average Bonchev–Trinajstić information content (AvgIpc) is 2.63. The Morgan fingerprint density at radius 2 is 2.27 bits per heavy atom. The van der Waals surface area contributed by atoms with Crippen LogP contribution < -0.4 is 19.5 Å². The van der Waals surface area contributed by atoms with E-state index in [2.05, 4.69) is 5.32 Å². The van der Waals surface area contributed by atoms with Crippen LogP contribution in [0.25, 0.3) is 0 Å². The zero-order chi connectivity index (χ0) is 10.8. The second-order valence-electron chi connectivity index (χ2n) is 3.09. The van der Waals surface area contributed by atoms with Crippen molar-refractivity contribution in [2.45, 2.75) is 6.92 Å². The number of hydrogen-bond acceptors (Lipinski definition) is 4. The molecule has 1 aromatic rings. The molecular weight excluding hydrogens is 198 g/mol. The summed E-state index contributed by atoms with van der Waals surface area (Å²) in [5.41, 5.74) is 0.628. The summed E-state index contributed by atoms with van der Waals surface area (Å²) in [5, 5.41) is 2.65. The Bertz CT molecular complexity index is 403. The first-order valence-electron chi connectivity index (χ1n) is 4.46. The zero-order valence-electron chi connectivity index (χ0n) is 8.49. The van der Waals surface area contributed by atoms with Gasteiger partial charge >= 0.3 is 0 Å². The lowest BCUT2D eigenvalue weighted by Crippen LogP contribution is -2.05. The van der Waals surface area contributed by atoms with Crippen LogP contribution >= 0.6 is 0 Å². The first-order valence-corrected chi connectivity index (χ1v) is 4.46. The molecule has 0 bridgehead atoms. The van der Waals surface area contributed by atoms with Crippen molar-refractivity contribution in [1.82, 2.24) is 0 Å². The van der Waals surface area contributed by atoms with E-state index in [9.17, 15) is 4.79 Å². The molecule has 5 heteroatoms. The summed E-state index contributed by atoms with van der Waals surface area (Å²) in [4.78, 5) is 10.9. The van der Waals surface area contributed by atoms with E-state index in [1.165, 1.54) is 14.0 Å². The van der Waals surface area contributed by atoms with E-state index in [0.717, 1.165) is 0 Å². The minimum absolute atomic E-state index is 0.143. The van der Waals surface area contributed by atoms with Gasteiger partial charge < -0.3 is 19.5 Å². The topological polar surface area (TPSA) is 56.8 Å². The highest BCUT2D eigenvalue weighted by Crippen LogP contribution is 2.43. The molecule has 0 atom stereocenters. The minimum Gasteiger partial charge on any atom is -0.493 e. The number of anilines is 1. The van der Waals surface area contributed by atoms with Crippen LogP contribution in [0.1, 0.15) is 6.92 Å². The molecular formula is C10H11NO4. The minimum atomic E-state index is -0.143. The number of benzene rings is 1. The number of carbonyl (C=O) groups is 1. The molecule has 80 valence electrons. The van der Waals surface area contributed by atoms with E-state index in [0.29, 0.717) is 22.9 Å². The normalized spacial score (nSPS) is 12.4. The Morgan fingerprint density at radius 1 is 1.47 bits per heavy atom. The largest absolute Gasteiger partial charge is 0.493 e. The molecule has 0 spiro atoms. The van der Waals surface area contributed by atoms with E-state index in [1.54, 1.807) is 12.1 Å². The molecule has 1 aromatic carbocycles. The second kappa shape index (κ2) is 3.68. The smallest absolute Gasteiger partial charge is 0.231 e. The number of nitrogens with one attached hydrogen (secondary N) is 1. The fourth-order valence-electron chi connectivity index (χ4n) is 1.41. The Balaban J connectivity index is 2.38. The standard InChI is InChI=1S/C10H11NO4/c1-6(12)11-7-3-8(13-2)10-9(4-7)14-5-15-10/h3-4H,5H2,1-2H3,(H,11,12). The van der Waals surface area contributed by atoms with E-state index in [-0.39, 0.29) is 12.7 Å². The van der Waals surface area contributed by atoms with E-state index in [4.69, 9.17) is 14.2 Å². The first-order chi connectivity index (χ1) is 7.20. The number of fused-ring (bicyclic) bond motifs is 1. The Kier molecular flexibility index (Phi) is 2.37. The molecule has 1 amide bonds. The van der Waals surface area contributed by atoms with Gasteiger partial charge in [-0.05, 0) is 0 Å². The van der Waals surface area contributed by atoms with Gasteiger partial charge in [-0.2, -0.15) is 0 Å². The first kappa shape index (κ1) is 9.64. The monoisotopic (exact) mass is 209 g/mol. The fourth-order valence-corrected chi connectivity index (χ4v) is 1.41. The van der Waals surface area contributed by atoms with Gasteiger partial charge in [0, 0.05) is 24.7 Å². The molecule has 2 rings (SSSR count). The Labute approximate surface area is 86.9 Å². The third-order valence-corrected chi connectivity index (χ3v) is 1.98. The quantitative estimate of drug-likeness (QED) is 0.799. The zero-order valence-corrected chi connectivity index (χ0v) is 8.49. The molecule has 0 aromatic heterocycles. The van der Waals surface area contributed by atoms with Crippen LogP contribution in [0.2, 0.25) is 0 Å². The number of methoxy groups -OCH3 is 1. The Morgan fingerprint density at radius 3 is 2.93 bits per heavy atom. The van der Waals surface area contributed by atoms with Crippen molar-refractivity contribution in [3.63, 3.8) is 0 Å². The SMILES string of the molecule is COc1cc(NC(C)=O)cc2c1OCO2. The molecule has 1 aliphatic heterocycles. The third-order valence-electron chi connectivity index (χ3n) is 1.98. The van der Waals surface area contributed by atoms with Crippen LogP contribution in [0.5, 0.6) is 17.2 Å².